The minimum Gasteiger partial charge on any atom is -0.497 e. The Labute approximate surface area is 253 Å². The van der Waals surface area contributed by atoms with Crippen LogP contribution < -0.4 is 14.5 Å². The van der Waals surface area contributed by atoms with Crippen molar-refractivity contribution in [1.82, 2.24) is 4.90 Å². The molecule has 3 amide bonds. The van der Waals surface area contributed by atoms with E-state index in [9.17, 15) is 24.3 Å². The van der Waals surface area contributed by atoms with E-state index in [4.69, 9.17) is 9.47 Å². The van der Waals surface area contributed by atoms with E-state index in [1.165, 1.54) is 0 Å². The number of amides is 3. The molecule has 0 radical (unpaired) electrons. The lowest BCUT2D eigenvalue weighted by atomic mass is 9.82. The Balaban J connectivity index is 1.37. The van der Waals surface area contributed by atoms with E-state index in [-0.39, 0.29) is 43.3 Å². The highest BCUT2D eigenvalue weighted by Gasteiger charge is 2.66. The van der Waals surface area contributed by atoms with E-state index >= 15 is 0 Å². The summed E-state index contributed by atoms with van der Waals surface area (Å²) < 4.78 is 12.4. The highest BCUT2D eigenvalue weighted by Crippen LogP contribution is 2.60. The molecule has 4 aliphatic heterocycles. The zero-order chi connectivity index (χ0) is 30.7. The van der Waals surface area contributed by atoms with Gasteiger partial charge in [-0.2, -0.15) is 0 Å². The van der Waals surface area contributed by atoms with Crippen molar-refractivity contribution in [2.24, 2.45) is 5.92 Å². The van der Waals surface area contributed by atoms with E-state index < -0.39 is 31.5 Å². The molecule has 2 aromatic rings. The first-order chi connectivity index (χ1) is 20.5. The lowest BCUT2D eigenvalue weighted by molar-refractivity contribution is -0.150. The van der Waals surface area contributed by atoms with Crippen molar-refractivity contribution in [3.05, 3.63) is 53.6 Å². The van der Waals surface area contributed by atoms with Gasteiger partial charge in [0.15, 0.2) is 13.9 Å². The molecular formula is C32H41N3O7Si. The Morgan fingerprint density at radius 2 is 1.95 bits per heavy atom. The van der Waals surface area contributed by atoms with E-state index in [1.54, 1.807) is 21.8 Å². The van der Waals surface area contributed by atoms with Crippen LogP contribution in [0.3, 0.4) is 0 Å². The van der Waals surface area contributed by atoms with Crippen LogP contribution in [0.4, 0.5) is 11.4 Å². The number of hydrogen-bond acceptors (Lipinski definition) is 7. The summed E-state index contributed by atoms with van der Waals surface area (Å²) in [6, 6.07) is 13.0. The molecule has 43 heavy (non-hydrogen) atoms. The van der Waals surface area contributed by atoms with Crippen LogP contribution in [0.25, 0.3) is 0 Å². The standard InChI is InChI=1S/C32H41N3O7Si/c1-20-30(43(3,4)40)27(17-29(38)33-13-6-9-23(33)19-36)42-32(20)25-16-24(41-2)10-11-26(25)35(31(32)39)18-21-7-5-8-22(15-21)34-14-12-28(34)37/h5,7-8,10-11,15-16,20,23,27,30,36,40H,6,9,12-14,17-19H2,1-4H3/t20-,23-,27+,30-,32+/m0/s1. The van der Waals surface area contributed by atoms with Crippen molar-refractivity contribution in [3.8, 4) is 5.75 Å². The van der Waals surface area contributed by atoms with Crippen molar-refractivity contribution < 1.29 is 33.8 Å². The molecule has 2 aromatic carbocycles. The Bertz CT molecular complexity index is 1440. The topological polar surface area (TPSA) is 120 Å². The van der Waals surface area contributed by atoms with Gasteiger partial charge < -0.3 is 34.1 Å². The first-order valence-corrected chi connectivity index (χ1v) is 18.2. The van der Waals surface area contributed by atoms with Crippen molar-refractivity contribution in [3.63, 3.8) is 0 Å². The molecule has 2 N–H and O–H groups in total. The Morgan fingerprint density at radius 1 is 1.16 bits per heavy atom. The molecule has 5 atom stereocenters. The molecular weight excluding hydrogens is 566 g/mol. The fourth-order valence-corrected chi connectivity index (χ4v) is 10.3. The maximum atomic E-state index is 14.7. The van der Waals surface area contributed by atoms with Gasteiger partial charge >= 0.3 is 0 Å². The second-order valence-corrected chi connectivity index (χ2v) is 16.8. The quantitative estimate of drug-likeness (QED) is 0.350. The molecule has 6 rings (SSSR count). The molecule has 11 heteroatoms. The highest BCUT2D eigenvalue weighted by molar-refractivity contribution is 6.71. The van der Waals surface area contributed by atoms with Gasteiger partial charge in [-0.25, -0.2) is 0 Å². The number of β-lactam (4-membered cyclic amide) rings is 1. The van der Waals surface area contributed by atoms with Gasteiger partial charge in [-0.15, -0.1) is 0 Å². The molecule has 0 bridgehead atoms. The minimum atomic E-state index is -2.95. The molecule has 0 aliphatic carbocycles. The second kappa shape index (κ2) is 11.0. The van der Waals surface area contributed by atoms with Crippen LogP contribution in [0.2, 0.25) is 18.6 Å². The maximum Gasteiger partial charge on any atom is 0.264 e. The number of nitrogens with zero attached hydrogens (tertiary/aromatic N) is 3. The van der Waals surface area contributed by atoms with Gasteiger partial charge in [0.05, 0.1) is 44.5 Å². The molecule has 10 nitrogen and oxygen atoms in total. The Kier molecular flexibility index (Phi) is 7.64. The number of carbonyl (C=O) groups is 3. The molecule has 4 heterocycles. The summed E-state index contributed by atoms with van der Waals surface area (Å²) in [5.41, 5.74) is 1.26. The number of ether oxygens (including phenoxy) is 2. The molecule has 0 unspecified atom stereocenters. The summed E-state index contributed by atoms with van der Waals surface area (Å²) in [5, 5.41) is 9.82. The van der Waals surface area contributed by atoms with Gasteiger partial charge in [0, 0.05) is 42.2 Å². The summed E-state index contributed by atoms with van der Waals surface area (Å²) in [6.45, 7) is 7.07. The number of rotatable bonds is 8. The average molecular weight is 608 g/mol. The maximum absolute atomic E-state index is 14.7. The van der Waals surface area contributed by atoms with E-state index in [1.807, 2.05) is 62.5 Å². The lowest BCUT2D eigenvalue weighted by Crippen LogP contribution is -2.46. The summed E-state index contributed by atoms with van der Waals surface area (Å²) in [6.07, 6.45) is 1.49. The van der Waals surface area contributed by atoms with Crippen LogP contribution in [0.1, 0.15) is 43.7 Å². The van der Waals surface area contributed by atoms with Crippen molar-refractivity contribution >= 4 is 37.4 Å². The number of aliphatic hydroxyl groups excluding tert-OH is 1. The van der Waals surface area contributed by atoms with Crippen LogP contribution >= 0.6 is 0 Å². The summed E-state index contributed by atoms with van der Waals surface area (Å²) >= 11 is 0. The van der Waals surface area contributed by atoms with E-state index in [0.717, 1.165) is 24.1 Å². The largest absolute Gasteiger partial charge is 0.497 e. The fraction of sp³-hybridized carbons (Fsp3) is 0.531. The third kappa shape index (κ3) is 4.86. The number of hydrogen-bond donors (Lipinski definition) is 2. The molecule has 1 spiro atoms. The number of methoxy groups -OCH3 is 1. The number of anilines is 2. The number of likely N-dealkylation sites (tertiary alicyclic amines) is 1. The first kappa shape index (κ1) is 29.8. The van der Waals surface area contributed by atoms with Gasteiger partial charge in [0.25, 0.3) is 5.91 Å². The molecule has 4 aliphatic rings. The minimum absolute atomic E-state index is 0.0305. The smallest absolute Gasteiger partial charge is 0.264 e. The molecule has 230 valence electrons. The number of benzene rings is 2. The zero-order valence-corrected chi connectivity index (χ0v) is 26.3. The number of fused-ring (bicyclic) bond motifs is 2. The van der Waals surface area contributed by atoms with E-state index in [0.29, 0.717) is 36.5 Å². The van der Waals surface area contributed by atoms with Crippen molar-refractivity contribution in [2.45, 2.75) is 75.5 Å². The predicted molar refractivity (Wildman–Crippen MR) is 163 cm³/mol. The van der Waals surface area contributed by atoms with Gasteiger partial charge in [-0.05, 0) is 61.8 Å². The van der Waals surface area contributed by atoms with Crippen LogP contribution in [-0.4, -0.2) is 79.8 Å². The van der Waals surface area contributed by atoms with Crippen molar-refractivity contribution in [2.75, 3.05) is 36.6 Å². The molecule has 0 saturated carbocycles. The van der Waals surface area contributed by atoms with Crippen LogP contribution in [0, 0.1) is 5.92 Å². The van der Waals surface area contributed by atoms with Crippen LogP contribution in [0.5, 0.6) is 5.75 Å². The van der Waals surface area contributed by atoms with Gasteiger partial charge in [0.2, 0.25) is 11.8 Å². The Hall–Kier alpha value is -3.25. The molecule has 3 fully saturated rings. The monoisotopic (exact) mass is 607 g/mol. The molecule has 3 saturated heterocycles. The summed E-state index contributed by atoms with van der Waals surface area (Å²) in [4.78, 5) is 57.1. The third-order valence-electron chi connectivity index (χ3n) is 9.89. The summed E-state index contributed by atoms with van der Waals surface area (Å²) in [7, 11) is -1.38. The first-order valence-electron chi connectivity index (χ1n) is 15.2. The highest BCUT2D eigenvalue weighted by atomic mass is 28.4. The number of carbonyl (C=O) groups excluding carboxylic acids is 3. The number of aliphatic hydroxyl groups is 1. The van der Waals surface area contributed by atoms with Crippen molar-refractivity contribution in [1.29, 1.82) is 0 Å². The Morgan fingerprint density at radius 3 is 2.60 bits per heavy atom. The predicted octanol–water partition coefficient (Wildman–Crippen LogP) is 3.15. The lowest BCUT2D eigenvalue weighted by Gasteiger charge is -2.33. The van der Waals surface area contributed by atoms with Crippen LogP contribution in [-0.2, 0) is 31.3 Å². The average Bonchev–Trinajstić information content (AvgIpc) is 3.62. The van der Waals surface area contributed by atoms with E-state index in [2.05, 4.69) is 0 Å². The second-order valence-electron chi connectivity index (χ2n) is 12.9. The SMILES string of the molecule is COc1ccc2c(c1)[C@@]1(O[C@H](CC(=O)N3CCC[C@H]3CO)[C@@H]([Si](C)(C)O)[C@@H]1C)C(=O)N2Cc1cccc(N2CCC2=O)c1. The normalized spacial score (nSPS) is 28.6. The molecule has 0 aromatic heterocycles. The van der Waals surface area contributed by atoms with Gasteiger partial charge in [0.1, 0.15) is 5.75 Å². The fourth-order valence-electron chi connectivity index (χ4n) is 7.78. The van der Waals surface area contributed by atoms with Crippen LogP contribution in [0.15, 0.2) is 42.5 Å². The summed E-state index contributed by atoms with van der Waals surface area (Å²) in [5.74, 6) is -0.111. The third-order valence-corrected chi connectivity index (χ3v) is 12.4. The zero-order valence-electron chi connectivity index (χ0n) is 25.3. The van der Waals surface area contributed by atoms with Gasteiger partial charge in [-0.3, -0.25) is 14.4 Å². The van der Waals surface area contributed by atoms with Gasteiger partial charge in [-0.1, -0.05) is 19.1 Å².